The molecule has 1 rings (SSSR count). The maximum Gasteiger partial charge on any atom is 0.172 e. The molecule has 0 heterocycles. The zero-order valence-electron chi connectivity index (χ0n) is 11.1. The van der Waals surface area contributed by atoms with Crippen molar-refractivity contribution >= 4 is 11.4 Å². The summed E-state index contributed by atoms with van der Waals surface area (Å²) in [5, 5.41) is 26.6. The first-order valence-corrected chi connectivity index (χ1v) is 5.65. The summed E-state index contributed by atoms with van der Waals surface area (Å²) in [6.07, 6.45) is -0.0963. The van der Waals surface area contributed by atoms with Gasteiger partial charge in [0.15, 0.2) is 5.92 Å². The van der Waals surface area contributed by atoms with E-state index in [1.165, 1.54) is 14.2 Å². The van der Waals surface area contributed by atoms with Crippen molar-refractivity contribution in [1.82, 2.24) is 0 Å². The van der Waals surface area contributed by atoms with Gasteiger partial charge in [0.1, 0.15) is 17.2 Å². The number of nitriles is 3. The fraction of sp³-hybridized carbons (Fsp3) is 0.286. The van der Waals surface area contributed by atoms with Gasteiger partial charge < -0.3 is 9.47 Å². The Morgan fingerprint density at radius 2 is 1.90 bits per heavy atom. The number of aliphatic imine (C=N–C) groups is 1. The molecule has 20 heavy (non-hydrogen) atoms. The molecular weight excluding hydrogens is 256 g/mol. The van der Waals surface area contributed by atoms with Gasteiger partial charge in [-0.2, -0.15) is 15.8 Å². The SMILES string of the molecule is COc1ccc(N=C(CC#N)C(C#N)C#N)c(OC)c1. The van der Waals surface area contributed by atoms with Crippen molar-refractivity contribution in [1.29, 1.82) is 15.8 Å². The minimum Gasteiger partial charge on any atom is -0.497 e. The molecule has 0 spiro atoms. The third-order valence-electron chi connectivity index (χ3n) is 2.50. The predicted molar refractivity (Wildman–Crippen MR) is 71.6 cm³/mol. The lowest BCUT2D eigenvalue weighted by atomic mass is 10.0. The smallest absolute Gasteiger partial charge is 0.172 e. The molecule has 0 aliphatic rings. The topological polar surface area (TPSA) is 102 Å². The van der Waals surface area contributed by atoms with Crippen LogP contribution in [0.15, 0.2) is 23.2 Å². The summed E-state index contributed by atoms with van der Waals surface area (Å²) in [5.74, 6) is -0.0179. The molecule has 1 aromatic rings. The largest absolute Gasteiger partial charge is 0.497 e. The molecule has 0 aliphatic carbocycles. The summed E-state index contributed by atoms with van der Waals surface area (Å²) < 4.78 is 10.2. The summed E-state index contributed by atoms with van der Waals surface area (Å²) in [6, 6.07) is 10.5. The third kappa shape index (κ3) is 3.48. The molecule has 0 aliphatic heterocycles. The van der Waals surface area contributed by atoms with Gasteiger partial charge in [0.05, 0.1) is 44.6 Å². The first-order valence-electron chi connectivity index (χ1n) is 5.65. The molecule has 0 amide bonds. The summed E-state index contributed by atoms with van der Waals surface area (Å²) in [4.78, 5) is 4.21. The van der Waals surface area contributed by atoms with Gasteiger partial charge in [-0.05, 0) is 12.1 Å². The molecule has 1 aromatic carbocycles. The normalized spacial score (nSPS) is 10.3. The minimum absolute atomic E-state index is 0.0963. The highest BCUT2D eigenvalue weighted by molar-refractivity contribution is 5.94. The van der Waals surface area contributed by atoms with Crippen LogP contribution in [0.4, 0.5) is 5.69 Å². The number of benzene rings is 1. The first kappa shape index (κ1) is 15.0. The van der Waals surface area contributed by atoms with Crippen LogP contribution in [-0.4, -0.2) is 19.9 Å². The fourth-order valence-corrected chi connectivity index (χ4v) is 1.50. The Hall–Kier alpha value is -3.04. The quantitative estimate of drug-likeness (QED) is 0.762. The molecule has 0 saturated carbocycles. The lowest BCUT2D eigenvalue weighted by Gasteiger charge is -2.08. The van der Waals surface area contributed by atoms with E-state index in [0.29, 0.717) is 17.2 Å². The standard InChI is InChI=1S/C14H12N4O2/c1-19-11-3-4-13(14(7-11)20-2)18-12(5-6-15)10(8-16)9-17/h3-4,7,10H,5H2,1-2H3. The Morgan fingerprint density at radius 1 is 1.20 bits per heavy atom. The van der Waals surface area contributed by atoms with Crippen LogP contribution >= 0.6 is 0 Å². The van der Waals surface area contributed by atoms with Crippen LogP contribution in [0.1, 0.15) is 6.42 Å². The maximum absolute atomic E-state index is 8.90. The van der Waals surface area contributed by atoms with E-state index in [9.17, 15) is 0 Å². The molecule has 6 heteroatoms. The Morgan fingerprint density at radius 3 is 2.40 bits per heavy atom. The van der Waals surface area contributed by atoms with Crippen molar-refractivity contribution in [2.75, 3.05) is 14.2 Å². The Labute approximate surface area is 117 Å². The zero-order chi connectivity index (χ0) is 15.0. The van der Waals surface area contributed by atoms with Crippen LogP contribution in [-0.2, 0) is 0 Å². The third-order valence-corrected chi connectivity index (χ3v) is 2.50. The molecule has 0 atom stereocenters. The highest BCUT2D eigenvalue weighted by atomic mass is 16.5. The van der Waals surface area contributed by atoms with Gasteiger partial charge in [0.25, 0.3) is 0 Å². The molecule has 0 unspecified atom stereocenters. The molecule has 6 nitrogen and oxygen atoms in total. The number of ether oxygens (including phenoxy) is 2. The van der Waals surface area contributed by atoms with E-state index in [1.54, 1.807) is 18.2 Å². The van der Waals surface area contributed by atoms with Crippen LogP contribution in [0, 0.1) is 39.9 Å². The van der Waals surface area contributed by atoms with Crippen molar-refractivity contribution < 1.29 is 9.47 Å². The molecular formula is C14H12N4O2. The second-order valence-electron chi connectivity index (χ2n) is 3.67. The van der Waals surface area contributed by atoms with E-state index < -0.39 is 5.92 Å². The van der Waals surface area contributed by atoms with E-state index in [4.69, 9.17) is 25.3 Å². The summed E-state index contributed by atoms with van der Waals surface area (Å²) in [7, 11) is 3.00. The Balaban J connectivity index is 3.28. The lowest BCUT2D eigenvalue weighted by Crippen LogP contribution is -2.09. The monoisotopic (exact) mass is 268 g/mol. The molecule has 0 saturated heterocycles. The summed E-state index contributed by atoms with van der Waals surface area (Å²) in [6.45, 7) is 0. The molecule has 0 bridgehead atoms. The zero-order valence-corrected chi connectivity index (χ0v) is 11.1. The number of hydrogen-bond donors (Lipinski definition) is 0. The summed E-state index contributed by atoms with van der Waals surface area (Å²) >= 11 is 0. The molecule has 0 radical (unpaired) electrons. The lowest BCUT2D eigenvalue weighted by molar-refractivity contribution is 0.395. The van der Waals surface area contributed by atoms with Gasteiger partial charge in [-0.25, -0.2) is 0 Å². The van der Waals surface area contributed by atoms with Crippen molar-refractivity contribution in [2.24, 2.45) is 10.9 Å². The Kier molecular flexibility index (Phi) is 5.56. The fourth-order valence-electron chi connectivity index (χ4n) is 1.50. The van der Waals surface area contributed by atoms with Crippen molar-refractivity contribution in [3.8, 4) is 29.7 Å². The second kappa shape index (κ2) is 7.41. The van der Waals surface area contributed by atoms with Gasteiger partial charge in [-0.15, -0.1) is 0 Å². The van der Waals surface area contributed by atoms with E-state index in [-0.39, 0.29) is 12.1 Å². The number of methoxy groups -OCH3 is 2. The molecule has 0 fully saturated rings. The highest BCUT2D eigenvalue weighted by Crippen LogP contribution is 2.32. The van der Waals surface area contributed by atoms with E-state index in [2.05, 4.69) is 4.99 Å². The highest BCUT2D eigenvalue weighted by Gasteiger charge is 2.15. The molecule has 0 N–H and O–H groups in total. The Bertz CT molecular complexity index is 618. The van der Waals surface area contributed by atoms with E-state index in [1.807, 2.05) is 18.2 Å². The van der Waals surface area contributed by atoms with Crippen LogP contribution in [0.2, 0.25) is 0 Å². The van der Waals surface area contributed by atoms with Gasteiger partial charge in [0.2, 0.25) is 0 Å². The average molecular weight is 268 g/mol. The van der Waals surface area contributed by atoms with Gasteiger partial charge in [0, 0.05) is 6.07 Å². The van der Waals surface area contributed by atoms with Gasteiger partial charge in [-0.3, -0.25) is 4.99 Å². The van der Waals surface area contributed by atoms with Crippen LogP contribution < -0.4 is 9.47 Å². The van der Waals surface area contributed by atoms with Gasteiger partial charge in [-0.1, -0.05) is 0 Å². The molecule has 0 aromatic heterocycles. The molecule has 100 valence electrons. The number of nitrogens with zero attached hydrogens (tertiary/aromatic N) is 4. The van der Waals surface area contributed by atoms with Crippen molar-refractivity contribution in [2.45, 2.75) is 6.42 Å². The van der Waals surface area contributed by atoms with E-state index >= 15 is 0 Å². The average Bonchev–Trinajstić information content (AvgIpc) is 2.49. The minimum atomic E-state index is -1.05. The summed E-state index contributed by atoms with van der Waals surface area (Å²) in [5.41, 5.74) is 0.634. The van der Waals surface area contributed by atoms with Gasteiger partial charge >= 0.3 is 0 Å². The van der Waals surface area contributed by atoms with Crippen LogP contribution in [0.3, 0.4) is 0 Å². The maximum atomic E-state index is 8.90. The predicted octanol–water partition coefficient (Wildman–Crippen LogP) is 2.35. The number of hydrogen-bond acceptors (Lipinski definition) is 6. The van der Waals surface area contributed by atoms with E-state index in [0.717, 1.165) is 0 Å². The van der Waals surface area contributed by atoms with Crippen molar-refractivity contribution in [3.63, 3.8) is 0 Å². The van der Waals surface area contributed by atoms with Crippen LogP contribution in [0.5, 0.6) is 11.5 Å². The van der Waals surface area contributed by atoms with Crippen LogP contribution in [0.25, 0.3) is 0 Å². The number of rotatable bonds is 5. The van der Waals surface area contributed by atoms with Crippen molar-refractivity contribution in [3.05, 3.63) is 18.2 Å². The first-order chi connectivity index (χ1) is 9.69. The second-order valence-corrected chi connectivity index (χ2v) is 3.67.